The normalized spacial score (nSPS) is 22.3. The molecule has 2 aromatic carbocycles. The molecular formula is C23H21BrN2O5S. The number of alkyl halides is 1. The number of carbonyl (C=O) groups is 3. The lowest BCUT2D eigenvalue weighted by Gasteiger charge is -2.55. The molecule has 2 aromatic rings. The van der Waals surface area contributed by atoms with E-state index < -0.39 is 29.1 Å². The lowest BCUT2D eigenvalue weighted by Crippen LogP contribution is -2.79. The van der Waals surface area contributed by atoms with Crippen molar-refractivity contribution in [2.75, 3.05) is 18.2 Å². The molecule has 0 aliphatic carbocycles. The Labute approximate surface area is 198 Å². The number of esters is 1. The van der Waals surface area contributed by atoms with Crippen LogP contribution in [-0.2, 0) is 23.9 Å². The Hall–Kier alpha value is -2.62. The molecule has 9 heteroatoms. The number of hydrogen-bond acceptors (Lipinski definition) is 6. The molecule has 0 saturated carbocycles. The van der Waals surface area contributed by atoms with Gasteiger partial charge in [0, 0.05) is 18.2 Å². The Kier molecular flexibility index (Phi) is 6.68. The van der Waals surface area contributed by atoms with E-state index in [9.17, 15) is 14.4 Å². The van der Waals surface area contributed by atoms with Crippen molar-refractivity contribution in [2.45, 2.75) is 17.2 Å². The van der Waals surface area contributed by atoms with Crippen LogP contribution in [-0.4, -0.2) is 52.5 Å². The molecule has 2 aliphatic rings. The molecule has 32 heavy (non-hydrogen) atoms. The van der Waals surface area contributed by atoms with Crippen molar-refractivity contribution in [3.63, 3.8) is 0 Å². The smallest absolute Gasteiger partial charge is 0.356 e. The third-order valence-electron chi connectivity index (χ3n) is 5.49. The van der Waals surface area contributed by atoms with E-state index in [-0.39, 0.29) is 5.70 Å². The third kappa shape index (κ3) is 3.74. The molecule has 1 N–H and O–H groups in total. The molecule has 4 rings (SSSR count). The average molecular weight is 517 g/mol. The van der Waals surface area contributed by atoms with Crippen LogP contribution in [0.5, 0.6) is 0 Å². The number of halogens is 1. The number of ether oxygens (including phenoxy) is 2. The fourth-order valence-electron chi connectivity index (χ4n) is 3.89. The summed E-state index contributed by atoms with van der Waals surface area (Å²) in [5.41, 5.74) is 1.07. The molecule has 7 nitrogen and oxygen atoms in total. The van der Waals surface area contributed by atoms with E-state index in [4.69, 9.17) is 9.47 Å². The summed E-state index contributed by atoms with van der Waals surface area (Å²) in [6, 6.07) is 18.9. The van der Waals surface area contributed by atoms with Crippen molar-refractivity contribution >= 4 is 46.0 Å². The minimum absolute atomic E-state index is 0.188. The van der Waals surface area contributed by atoms with Crippen LogP contribution in [0.3, 0.4) is 0 Å². The van der Waals surface area contributed by atoms with Gasteiger partial charge >= 0.3 is 5.97 Å². The fraction of sp³-hybridized carbons (Fsp3) is 0.261. The number of rotatable bonds is 8. The summed E-state index contributed by atoms with van der Waals surface area (Å²) in [5, 5.41) is 2.32. The van der Waals surface area contributed by atoms with E-state index in [1.165, 1.54) is 23.8 Å². The van der Waals surface area contributed by atoms with E-state index in [1.54, 1.807) is 0 Å². The van der Waals surface area contributed by atoms with Crippen LogP contribution < -0.4 is 5.32 Å². The highest BCUT2D eigenvalue weighted by molar-refractivity contribution is 9.09. The van der Waals surface area contributed by atoms with Crippen molar-refractivity contribution < 1.29 is 23.9 Å². The summed E-state index contributed by atoms with van der Waals surface area (Å²) in [6.07, 6.45) is -0.208. The maximum Gasteiger partial charge on any atom is 0.356 e. The molecule has 1 saturated heterocycles. The van der Waals surface area contributed by atoms with Gasteiger partial charge in [-0.05, 0) is 16.7 Å². The highest BCUT2D eigenvalue weighted by Gasteiger charge is 2.66. The first kappa shape index (κ1) is 22.6. The molecule has 0 radical (unpaired) electrons. The van der Waals surface area contributed by atoms with Gasteiger partial charge in [0.25, 0.3) is 11.6 Å². The SMILES string of the molecule is COC1(NC=O)C(=O)N2C(C(=O)OC(c3ccccc3)c3ccccc3)=C(CBr)CS[C@@H]21. The number of amides is 2. The summed E-state index contributed by atoms with van der Waals surface area (Å²) in [4.78, 5) is 39.0. The first-order valence-electron chi connectivity index (χ1n) is 9.88. The molecule has 2 aliphatic heterocycles. The van der Waals surface area contributed by atoms with Gasteiger partial charge < -0.3 is 14.8 Å². The topological polar surface area (TPSA) is 84.9 Å². The predicted octanol–water partition coefficient (Wildman–Crippen LogP) is 2.97. The van der Waals surface area contributed by atoms with E-state index >= 15 is 0 Å². The summed E-state index contributed by atoms with van der Waals surface area (Å²) in [5.74, 6) is -0.630. The molecular weight excluding hydrogens is 496 g/mol. The van der Waals surface area contributed by atoms with E-state index in [1.807, 2.05) is 60.7 Å². The van der Waals surface area contributed by atoms with Crippen molar-refractivity contribution in [1.29, 1.82) is 0 Å². The van der Waals surface area contributed by atoms with E-state index in [2.05, 4.69) is 21.2 Å². The second-order valence-corrected chi connectivity index (χ2v) is 8.86. The maximum atomic E-state index is 13.5. The number of fused-ring (bicyclic) bond motifs is 1. The van der Waals surface area contributed by atoms with Crippen LogP contribution >= 0.6 is 27.7 Å². The van der Waals surface area contributed by atoms with Gasteiger partial charge in [0.05, 0.1) is 0 Å². The van der Waals surface area contributed by atoms with Crippen LogP contribution in [0.15, 0.2) is 71.9 Å². The van der Waals surface area contributed by atoms with Crippen molar-refractivity contribution in [3.8, 4) is 0 Å². The van der Waals surface area contributed by atoms with Crippen LogP contribution in [0.2, 0.25) is 0 Å². The number of benzene rings is 2. The number of carbonyl (C=O) groups excluding carboxylic acids is 3. The monoisotopic (exact) mass is 516 g/mol. The van der Waals surface area contributed by atoms with E-state index in [0.29, 0.717) is 17.5 Å². The molecule has 166 valence electrons. The highest BCUT2D eigenvalue weighted by atomic mass is 79.9. The van der Waals surface area contributed by atoms with Gasteiger partial charge in [0.1, 0.15) is 11.1 Å². The Morgan fingerprint density at radius 3 is 2.31 bits per heavy atom. The quantitative estimate of drug-likeness (QED) is 0.191. The zero-order valence-electron chi connectivity index (χ0n) is 17.2. The van der Waals surface area contributed by atoms with Crippen molar-refractivity contribution in [3.05, 3.63) is 83.1 Å². The van der Waals surface area contributed by atoms with Crippen molar-refractivity contribution in [1.82, 2.24) is 10.2 Å². The van der Waals surface area contributed by atoms with Gasteiger partial charge in [0.2, 0.25) is 6.41 Å². The number of thioether (sulfide) groups is 1. The highest BCUT2D eigenvalue weighted by Crippen LogP contribution is 2.47. The lowest BCUT2D eigenvalue weighted by molar-refractivity contribution is -0.191. The average Bonchev–Trinajstić information content (AvgIpc) is 2.85. The van der Waals surface area contributed by atoms with Crippen LogP contribution in [0.1, 0.15) is 17.2 Å². The van der Waals surface area contributed by atoms with Crippen molar-refractivity contribution in [2.24, 2.45) is 0 Å². The largest absolute Gasteiger partial charge is 0.448 e. The standard InChI is InChI=1S/C23H21BrN2O5S/c1-30-23(25-14-27)21(29)26-18(17(12-24)13-32-22(23)26)20(28)31-19(15-8-4-2-5-9-15)16-10-6-3-7-11-16/h2-11,14,19,22H,12-13H2,1H3,(H,25,27)/t22-,23?/m1/s1. The first-order chi connectivity index (χ1) is 15.6. The number of nitrogens with zero attached hydrogens (tertiary/aromatic N) is 1. The Morgan fingerprint density at radius 2 is 1.81 bits per heavy atom. The summed E-state index contributed by atoms with van der Waals surface area (Å²) in [7, 11) is 1.36. The van der Waals surface area contributed by atoms with Gasteiger partial charge in [-0.15, -0.1) is 11.8 Å². The van der Waals surface area contributed by atoms with Gasteiger partial charge in [-0.25, -0.2) is 4.79 Å². The predicted molar refractivity (Wildman–Crippen MR) is 124 cm³/mol. The second kappa shape index (κ2) is 9.48. The number of β-lactam (4-membered cyclic amide) rings is 1. The van der Waals surface area contributed by atoms with Gasteiger partial charge in [0.15, 0.2) is 6.10 Å². The van der Waals surface area contributed by atoms with Gasteiger partial charge in [-0.2, -0.15) is 0 Å². The Bertz CT molecular complexity index is 1010. The summed E-state index contributed by atoms with van der Waals surface area (Å²) >= 11 is 4.84. The first-order valence-corrected chi connectivity index (χ1v) is 12.0. The van der Waals surface area contributed by atoms with Gasteiger partial charge in [-0.1, -0.05) is 76.6 Å². The molecule has 0 bridgehead atoms. The van der Waals surface area contributed by atoms with E-state index in [0.717, 1.165) is 16.7 Å². The zero-order chi connectivity index (χ0) is 22.7. The van der Waals surface area contributed by atoms with Crippen LogP contribution in [0.4, 0.5) is 0 Å². The Balaban J connectivity index is 1.68. The third-order valence-corrected chi connectivity index (χ3v) is 7.54. The fourth-order valence-corrected chi connectivity index (χ4v) is 6.07. The van der Waals surface area contributed by atoms with Gasteiger partial charge in [-0.3, -0.25) is 14.5 Å². The molecule has 1 unspecified atom stereocenters. The number of nitrogens with one attached hydrogen (secondary N) is 1. The number of hydrogen-bond donors (Lipinski definition) is 1. The van der Waals surface area contributed by atoms with Crippen LogP contribution in [0.25, 0.3) is 0 Å². The lowest BCUT2D eigenvalue weighted by atomic mass is 9.98. The minimum Gasteiger partial charge on any atom is -0.448 e. The minimum atomic E-state index is -1.49. The molecule has 2 atom stereocenters. The molecule has 0 aromatic heterocycles. The summed E-state index contributed by atoms with van der Waals surface area (Å²) in [6.45, 7) is 0. The number of methoxy groups -OCH3 is 1. The molecule has 2 amide bonds. The summed E-state index contributed by atoms with van der Waals surface area (Å²) < 4.78 is 11.4. The Morgan fingerprint density at radius 1 is 1.22 bits per heavy atom. The second-order valence-electron chi connectivity index (χ2n) is 7.23. The van der Waals surface area contributed by atoms with Crippen LogP contribution in [0, 0.1) is 0 Å². The maximum absolute atomic E-state index is 13.5. The molecule has 1 fully saturated rings. The molecule has 0 spiro atoms. The molecule has 2 heterocycles. The zero-order valence-corrected chi connectivity index (χ0v) is 19.6.